The van der Waals surface area contributed by atoms with Crippen molar-refractivity contribution in [2.45, 2.75) is 26.4 Å². The molecule has 0 radical (unpaired) electrons. The number of esters is 1. The summed E-state index contributed by atoms with van der Waals surface area (Å²) in [6, 6.07) is 10.5. The van der Waals surface area contributed by atoms with Crippen LogP contribution in [0.5, 0.6) is 0 Å². The molecule has 1 amide bonds. The summed E-state index contributed by atoms with van der Waals surface area (Å²) in [4.78, 5) is 35.5. The number of nitrogens with one attached hydrogen (secondary N) is 1. The number of amides is 1. The molecule has 136 valence electrons. The van der Waals surface area contributed by atoms with Crippen LogP contribution in [0.3, 0.4) is 0 Å². The number of Topliss-reactive ketones (excluding diaryl/α,β-unsaturated/α-hetero) is 1. The molecular formula is C19H17ClFNO4. The lowest BCUT2D eigenvalue weighted by atomic mass is 10.1. The molecule has 0 unspecified atom stereocenters. The van der Waals surface area contributed by atoms with E-state index in [9.17, 15) is 18.8 Å². The number of ether oxygens (including phenoxy) is 1. The van der Waals surface area contributed by atoms with Crippen LogP contribution in [-0.2, 0) is 20.7 Å². The fourth-order valence-electron chi connectivity index (χ4n) is 2.20. The molecule has 7 heteroatoms. The molecule has 26 heavy (non-hydrogen) atoms. The number of carbonyl (C=O) groups excluding carboxylic acids is 3. The second-order valence-electron chi connectivity index (χ2n) is 5.64. The predicted molar refractivity (Wildman–Crippen MR) is 95.7 cm³/mol. The molecule has 0 heterocycles. The molecule has 2 aromatic rings. The smallest absolute Gasteiger partial charge is 0.311 e. The molecule has 2 rings (SSSR count). The van der Waals surface area contributed by atoms with Gasteiger partial charge in [0.15, 0.2) is 11.9 Å². The average molecular weight is 378 g/mol. The summed E-state index contributed by atoms with van der Waals surface area (Å²) >= 11 is 5.87. The average Bonchev–Trinajstić information content (AvgIpc) is 2.58. The second-order valence-corrected chi connectivity index (χ2v) is 6.04. The lowest BCUT2D eigenvalue weighted by molar-refractivity contribution is -0.152. The van der Waals surface area contributed by atoms with E-state index in [2.05, 4.69) is 5.32 Å². The summed E-state index contributed by atoms with van der Waals surface area (Å²) in [5.41, 5.74) is 0.866. The van der Waals surface area contributed by atoms with Crippen molar-refractivity contribution in [3.05, 3.63) is 64.4 Å². The third-order valence-corrected chi connectivity index (χ3v) is 3.95. The van der Waals surface area contributed by atoms with Gasteiger partial charge in [-0.25, -0.2) is 4.39 Å². The summed E-state index contributed by atoms with van der Waals surface area (Å²) in [7, 11) is 0. The topological polar surface area (TPSA) is 72.5 Å². The lowest BCUT2D eigenvalue weighted by Gasteiger charge is -2.14. The van der Waals surface area contributed by atoms with Crippen LogP contribution in [0.2, 0.25) is 5.02 Å². The minimum atomic E-state index is -1.10. The van der Waals surface area contributed by atoms with E-state index < -0.39 is 23.8 Å². The Hall–Kier alpha value is -2.73. The third-order valence-electron chi connectivity index (χ3n) is 3.60. The Morgan fingerprint density at radius 2 is 1.88 bits per heavy atom. The molecular weight excluding hydrogens is 361 g/mol. The van der Waals surface area contributed by atoms with Gasteiger partial charge in [0.05, 0.1) is 6.42 Å². The van der Waals surface area contributed by atoms with Crippen molar-refractivity contribution >= 4 is 34.9 Å². The van der Waals surface area contributed by atoms with Gasteiger partial charge in [-0.15, -0.1) is 0 Å². The van der Waals surface area contributed by atoms with E-state index in [0.717, 1.165) is 0 Å². The van der Waals surface area contributed by atoms with Crippen LogP contribution in [0, 0.1) is 5.82 Å². The quantitative estimate of drug-likeness (QED) is 0.614. The Morgan fingerprint density at radius 3 is 2.54 bits per heavy atom. The molecule has 0 aliphatic heterocycles. The van der Waals surface area contributed by atoms with Gasteiger partial charge in [-0.1, -0.05) is 29.8 Å². The molecule has 0 fully saturated rings. The zero-order valence-electron chi connectivity index (χ0n) is 14.2. The first-order valence-electron chi connectivity index (χ1n) is 7.82. The standard InChI is InChI=1S/C19H17ClFNO4/c1-11(23)13-5-3-6-14(9-13)22-19(25)12(2)26-18(24)10-15-16(20)7-4-8-17(15)21/h3-9,12H,10H2,1-2H3,(H,22,25)/t12-/m0/s1. The fraction of sp³-hybridized carbons (Fsp3) is 0.211. The molecule has 0 aliphatic rings. The number of rotatable bonds is 6. The highest BCUT2D eigenvalue weighted by Crippen LogP contribution is 2.20. The molecule has 1 N–H and O–H groups in total. The first-order chi connectivity index (χ1) is 12.3. The summed E-state index contributed by atoms with van der Waals surface area (Å²) in [5.74, 6) is -2.11. The van der Waals surface area contributed by atoms with E-state index in [4.69, 9.17) is 16.3 Å². The van der Waals surface area contributed by atoms with Gasteiger partial charge in [-0.3, -0.25) is 14.4 Å². The van der Waals surface area contributed by atoms with Crippen LogP contribution in [0.15, 0.2) is 42.5 Å². The third kappa shape index (κ3) is 5.13. The van der Waals surface area contributed by atoms with Crippen molar-refractivity contribution < 1.29 is 23.5 Å². The van der Waals surface area contributed by atoms with Gasteiger partial charge in [0.2, 0.25) is 0 Å². The maximum absolute atomic E-state index is 13.7. The van der Waals surface area contributed by atoms with E-state index in [1.807, 2.05) is 0 Å². The highest BCUT2D eigenvalue weighted by atomic mass is 35.5. The van der Waals surface area contributed by atoms with Gasteiger partial charge < -0.3 is 10.1 Å². The Bertz CT molecular complexity index is 833. The van der Waals surface area contributed by atoms with E-state index in [1.54, 1.807) is 18.2 Å². The molecule has 5 nitrogen and oxygen atoms in total. The van der Waals surface area contributed by atoms with Crippen LogP contribution < -0.4 is 5.32 Å². The Morgan fingerprint density at radius 1 is 1.19 bits per heavy atom. The second kappa shape index (κ2) is 8.58. The van der Waals surface area contributed by atoms with Gasteiger partial charge in [-0.2, -0.15) is 0 Å². The van der Waals surface area contributed by atoms with Gasteiger partial charge in [-0.05, 0) is 38.1 Å². The van der Waals surface area contributed by atoms with E-state index in [-0.39, 0.29) is 22.8 Å². The Labute approximate surface area is 155 Å². The molecule has 0 bridgehead atoms. The summed E-state index contributed by atoms with van der Waals surface area (Å²) in [5, 5.41) is 2.67. The van der Waals surface area contributed by atoms with Gasteiger partial charge in [0.25, 0.3) is 5.91 Å². The summed E-state index contributed by atoms with van der Waals surface area (Å²) < 4.78 is 18.7. The molecule has 0 aromatic heterocycles. The number of hydrogen-bond donors (Lipinski definition) is 1. The maximum atomic E-state index is 13.7. The van der Waals surface area contributed by atoms with Crippen LogP contribution in [0.4, 0.5) is 10.1 Å². The molecule has 2 aromatic carbocycles. The van der Waals surface area contributed by atoms with E-state index in [0.29, 0.717) is 11.3 Å². The molecule has 1 atom stereocenters. The molecule has 0 saturated heterocycles. The van der Waals surface area contributed by atoms with Crippen molar-refractivity contribution in [2.75, 3.05) is 5.32 Å². The minimum absolute atomic E-state index is 0.0148. The Balaban J connectivity index is 1.97. The first-order valence-corrected chi connectivity index (χ1v) is 8.20. The van der Waals surface area contributed by atoms with Crippen molar-refractivity contribution in [3.8, 4) is 0 Å². The number of halogens is 2. The van der Waals surface area contributed by atoms with Crippen molar-refractivity contribution in [1.29, 1.82) is 0 Å². The number of ketones is 1. The monoisotopic (exact) mass is 377 g/mol. The lowest BCUT2D eigenvalue weighted by Crippen LogP contribution is -2.30. The largest absolute Gasteiger partial charge is 0.452 e. The van der Waals surface area contributed by atoms with Gasteiger partial charge in [0, 0.05) is 21.8 Å². The number of carbonyl (C=O) groups is 3. The van der Waals surface area contributed by atoms with Crippen molar-refractivity contribution in [3.63, 3.8) is 0 Å². The molecule has 0 aliphatic carbocycles. The normalized spacial score (nSPS) is 11.5. The number of anilines is 1. The minimum Gasteiger partial charge on any atom is -0.452 e. The van der Waals surface area contributed by atoms with Crippen LogP contribution in [-0.4, -0.2) is 23.8 Å². The number of benzene rings is 2. The van der Waals surface area contributed by atoms with Crippen LogP contribution in [0.25, 0.3) is 0 Å². The first kappa shape index (κ1) is 19.6. The zero-order valence-corrected chi connectivity index (χ0v) is 15.0. The number of hydrogen-bond acceptors (Lipinski definition) is 4. The Kier molecular flexibility index (Phi) is 6.46. The van der Waals surface area contributed by atoms with Gasteiger partial charge >= 0.3 is 5.97 Å². The fourth-order valence-corrected chi connectivity index (χ4v) is 2.43. The summed E-state index contributed by atoms with van der Waals surface area (Å²) in [6.07, 6.45) is -1.49. The zero-order chi connectivity index (χ0) is 19.3. The van der Waals surface area contributed by atoms with Crippen molar-refractivity contribution in [2.24, 2.45) is 0 Å². The SMILES string of the molecule is CC(=O)c1cccc(NC(=O)[C@H](C)OC(=O)Cc2c(F)cccc2Cl)c1. The summed E-state index contributed by atoms with van der Waals surface area (Å²) in [6.45, 7) is 2.81. The van der Waals surface area contributed by atoms with Crippen LogP contribution >= 0.6 is 11.6 Å². The highest BCUT2D eigenvalue weighted by Gasteiger charge is 2.20. The van der Waals surface area contributed by atoms with Gasteiger partial charge in [0.1, 0.15) is 5.82 Å². The van der Waals surface area contributed by atoms with E-state index >= 15 is 0 Å². The molecule has 0 saturated carbocycles. The van der Waals surface area contributed by atoms with Crippen molar-refractivity contribution in [1.82, 2.24) is 0 Å². The van der Waals surface area contributed by atoms with E-state index in [1.165, 1.54) is 38.1 Å². The maximum Gasteiger partial charge on any atom is 0.311 e. The van der Waals surface area contributed by atoms with Crippen LogP contribution in [0.1, 0.15) is 29.8 Å². The predicted octanol–water partition coefficient (Wildman–Crippen LogP) is 3.79. The molecule has 0 spiro atoms. The highest BCUT2D eigenvalue weighted by molar-refractivity contribution is 6.31.